The highest BCUT2D eigenvalue weighted by Gasteiger charge is 2.34. The molecule has 6 N–H and O–H groups in total. The van der Waals surface area contributed by atoms with Gasteiger partial charge in [-0.25, -0.2) is 0 Å². The van der Waals surface area contributed by atoms with E-state index in [4.69, 9.17) is 4.74 Å². The zero-order valence-electron chi connectivity index (χ0n) is 23.2. The summed E-state index contributed by atoms with van der Waals surface area (Å²) in [5.74, 6) is -1.02. The van der Waals surface area contributed by atoms with Gasteiger partial charge in [-0.2, -0.15) is 0 Å². The van der Waals surface area contributed by atoms with Crippen molar-refractivity contribution in [2.75, 3.05) is 20.3 Å². The highest BCUT2D eigenvalue weighted by molar-refractivity contribution is 6.01. The summed E-state index contributed by atoms with van der Waals surface area (Å²) in [7, 11) is 1.55. The fourth-order valence-corrected chi connectivity index (χ4v) is 5.12. The Hall–Kier alpha value is -3.27. The van der Waals surface area contributed by atoms with Crippen LogP contribution >= 0.6 is 0 Å². The second-order valence-corrected chi connectivity index (χ2v) is 9.95. The van der Waals surface area contributed by atoms with Gasteiger partial charge in [0.2, 0.25) is 0 Å². The number of aliphatic hydroxyl groups excluding tert-OH is 2. The maximum absolute atomic E-state index is 12.6. The summed E-state index contributed by atoms with van der Waals surface area (Å²) < 4.78 is 4.94. The zero-order valence-corrected chi connectivity index (χ0v) is 23.2. The number of phenolic OH excluding ortho intramolecular Hbond substituents is 2. The topological polar surface area (TPSA) is 173 Å². The summed E-state index contributed by atoms with van der Waals surface area (Å²) in [5.41, 5.74) is 3.32. The van der Waals surface area contributed by atoms with Gasteiger partial charge >= 0.3 is 0 Å². The molecule has 0 spiro atoms. The molecule has 0 saturated carbocycles. The molecular weight excluding hydrogens is 504 g/mol. The molecule has 2 aromatic rings. The molecule has 39 heavy (non-hydrogen) atoms. The molecule has 1 aliphatic carbocycles. The number of rotatable bonds is 11. The Balaban J connectivity index is 0. The van der Waals surface area contributed by atoms with E-state index in [0.717, 1.165) is 17.5 Å². The number of aliphatic hydroxyl groups is 2. The van der Waals surface area contributed by atoms with Gasteiger partial charge in [0.25, 0.3) is 0 Å². The molecule has 0 amide bonds. The summed E-state index contributed by atoms with van der Waals surface area (Å²) in [4.78, 5) is 36.2. The smallest absolute Gasteiger partial charge is 0.167 e. The van der Waals surface area contributed by atoms with Crippen molar-refractivity contribution in [1.29, 1.82) is 0 Å². The van der Waals surface area contributed by atoms with Gasteiger partial charge in [0.15, 0.2) is 17.3 Å². The van der Waals surface area contributed by atoms with Crippen molar-refractivity contribution < 1.29 is 47.9 Å². The maximum Gasteiger partial charge on any atom is 0.167 e. The number of aromatic hydroxyl groups is 2. The zero-order chi connectivity index (χ0) is 28.4. The molecule has 0 heterocycles. The first kappa shape index (κ1) is 33.8. The number of aryl methyl sites for hydroxylation is 2. The molecule has 3 atom stereocenters. The fourth-order valence-electron chi connectivity index (χ4n) is 5.12. The molecule has 1 aliphatic rings. The Morgan fingerprint density at radius 3 is 2.33 bits per heavy atom. The minimum absolute atomic E-state index is 0. The molecule has 3 unspecified atom stereocenters. The van der Waals surface area contributed by atoms with Crippen LogP contribution in [-0.4, -0.2) is 63.6 Å². The van der Waals surface area contributed by atoms with Crippen LogP contribution in [0.2, 0.25) is 0 Å². The van der Waals surface area contributed by atoms with E-state index in [1.807, 2.05) is 19.1 Å². The maximum atomic E-state index is 12.6. The average Bonchev–Trinajstić information content (AvgIpc) is 2.87. The van der Waals surface area contributed by atoms with Gasteiger partial charge < -0.3 is 30.6 Å². The molecular formula is C30H46O9. The number of phenols is 2. The van der Waals surface area contributed by atoms with Crippen LogP contribution in [0, 0.1) is 24.7 Å². The molecule has 3 rings (SSSR count). The lowest BCUT2D eigenvalue weighted by Gasteiger charge is -2.31. The van der Waals surface area contributed by atoms with Crippen molar-refractivity contribution in [1.82, 2.24) is 0 Å². The molecule has 0 fully saturated rings. The monoisotopic (exact) mass is 550 g/mol. The van der Waals surface area contributed by atoms with Gasteiger partial charge in [-0.15, -0.1) is 0 Å². The first-order valence-electron chi connectivity index (χ1n) is 13.0. The molecule has 9 heteroatoms. The van der Waals surface area contributed by atoms with E-state index < -0.39 is 5.92 Å². The minimum Gasteiger partial charge on any atom is -0.507 e. The fraction of sp³-hybridized carbons (Fsp3) is 0.500. The number of benzene rings is 2. The number of fused-ring (bicyclic) bond motifs is 1. The van der Waals surface area contributed by atoms with Gasteiger partial charge in [0.05, 0.1) is 25.7 Å². The molecule has 220 valence electrons. The Bertz CT molecular complexity index is 1140. The Morgan fingerprint density at radius 2 is 1.77 bits per heavy atom. The predicted molar refractivity (Wildman–Crippen MR) is 152 cm³/mol. The Kier molecular flexibility index (Phi) is 13.8. The van der Waals surface area contributed by atoms with Crippen LogP contribution in [0.5, 0.6) is 17.2 Å². The summed E-state index contributed by atoms with van der Waals surface area (Å²) in [6.07, 6.45) is 2.40. The first-order chi connectivity index (χ1) is 18.1. The van der Waals surface area contributed by atoms with Crippen LogP contribution in [-0.2, 0) is 22.4 Å². The van der Waals surface area contributed by atoms with E-state index in [0.29, 0.717) is 30.6 Å². The van der Waals surface area contributed by atoms with Crippen LogP contribution < -0.4 is 4.74 Å². The lowest BCUT2D eigenvalue weighted by Crippen LogP contribution is -2.32. The Labute approximate surface area is 232 Å². The minimum atomic E-state index is -0.720. The number of methoxy groups -OCH3 is 1. The van der Waals surface area contributed by atoms with Gasteiger partial charge in [0.1, 0.15) is 17.3 Å². The van der Waals surface area contributed by atoms with Crippen molar-refractivity contribution in [2.45, 2.75) is 59.3 Å². The summed E-state index contributed by atoms with van der Waals surface area (Å²) in [6.45, 7) is 4.77. The lowest BCUT2D eigenvalue weighted by molar-refractivity contribution is -0.131. The lowest BCUT2D eigenvalue weighted by atomic mass is 9.73. The third kappa shape index (κ3) is 9.16. The summed E-state index contributed by atoms with van der Waals surface area (Å²) in [6, 6.07) is 8.69. The molecule has 0 bridgehead atoms. The number of ketones is 3. The van der Waals surface area contributed by atoms with Crippen molar-refractivity contribution in [3.8, 4) is 17.2 Å². The quantitative estimate of drug-likeness (QED) is 0.307. The largest absolute Gasteiger partial charge is 0.507 e. The van der Waals surface area contributed by atoms with Gasteiger partial charge in [-0.05, 0) is 86.3 Å². The van der Waals surface area contributed by atoms with Crippen LogP contribution in [0.1, 0.15) is 69.4 Å². The van der Waals surface area contributed by atoms with Crippen LogP contribution in [0.25, 0.3) is 0 Å². The second-order valence-electron chi connectivity index (χ2n) is 9.95. The third-order valence-electron chi connectivity index (χ3n) is 7.16. The molecule has 2 aromatic carbocycles. The standard InChI is InChI=1S/C21H28O6.C9H12O2.H2O.2H2/c1-12-3-4-18(25)21-16(12)9-14(10-20(21)27)8-15(5-6-22)17(11-23)19(26)7-13(2)24;1-3-7-4-5-8(10)9(6-7)11-2;;;/h3-4,14-15,17,22-23,25H,5-11H2,1-2H3;4-6,10H,3H2,1-2H3;1H2;2*1H. The Morgan fingerprint density at radius 1 is 1.10 bits per heavy atom. The van der Waals surface area contributed by atoms with E-state index in [1.54, 1.807) is 19.2 Å². The summed E-state index contributed by atoms with van der Waals surface area (Å²) >= 11 is 0. The SMILES string of the molecule is CC(=O)CC(=O)C(CO)C(CCO)CC1CC(=O)c2c(O)ccc(C)c2C1.CCc1ccc(O)c(OC)c1.O.[HH].[HH]. The van der Waals surface area contributed by atoms with Crippen molar-refractivity contribution in [3.63, 3.8) is 0 Å². The predicted octanol–water partition coefficient (Wildman–Crippen LogP) is 3.62. The number of hydrogen-bond acceptors (Lipinski definition) is 8. The highest BCUT2D eigenvalue weighted by atomic mass is 16.5. The van der Waals surface area contributed by atoms with Gasteiger partial charge in [-0.1, -0.05) is 19.1 Å². The normalized spacial score (nSPS) is 15.6. The number of carbonyl (C=O) groups excluding carboxylic acids is 3. The number of Topliss-reactive ketones (excluding diaryl/α,β-unsaturated/α-hetero) is 3. The van der Waals surface area contributed by atoms with E-state index >= 15 is 0 Å². The highest BCUT2D eigenvalue weighted by Crippen LogP contribution is 2.38. The van der Waals surface area contributed by atoms with Crippen molar-refractivity contribution in [2.24, 2.45) is 17.8 Å². The second kappa shape index (κ2) is 16.0. The van der Waals surface area contributed by atoms with E-state index in [2.05, 4.69) is 6.92 Å². The number of carbonyl (C=O) groups is 3. The number of hydrogen-bond donors (Lipinski definition) is 4. The molecule has 0 aliphatic heterocycles. The molecule has 0 saturated heterocycles. The first-order valence-corrected chi connectivity index (χ1v) is 13.0. The van der Waals surface area contributed by atoms with E-state index in [-0.39, 0.29) is 75.1 Å². The third-order valence-corrected chi connectivity index (χ3v) is 7.16. The van der Waals surface area contributed by atoms with E-state index in [1.165, 1.54) is 18.6 Å². The van der Waals surface area contributed by atoms with Crippen LogP contribution in [0.3, 0.4) is 0 Å². The molecule has 0 radical (unpaired) electrons. The molecule has 9 nitrogen and oxygen atoms in total. The van der Waals surface area contributed by atoms with Crippen LogP contribution in [0.15, 0.2) is 30.3 Å². The van der Waals surface area contributed by atoms with Crippen LogP contribution in [0.4, 0.5) is 0 Å². The van der Waals surface area contributed by atoms with E-state index in [9.17, 15) is 34.8 Å². The number of ether oxygens (including phenoxy) is 1. The average molecular weight is 551 g/mol. The van der Waals surface area contributed by atoms with Gasteiger partial charge in [-0.3, -0.25) is 14.4 Å². The summed E-state index contributed by atoms with van der Waals surface area (Å²) in [5, 5.41) is 38.3. The molecule has 0 aromatic heterocycles. The van der Waals surface area contributed by atoms with Crippen molar-refractivity contribution in [3.05, 3.63) is 52.6 Å². The van der Waals surface area contributed by atoms with Crippen molar-refractivity contribution >= 4 is 17.3 Å². The van der Waals surface area contributed by atoms with Gasteiger partial charge in [0, 0.05) is 21.8 Å².